The Kier molecular flexibility index (Phi) is 3.68. The molecule has 0 bridgehead atoms. The van der Waals surface area contributed by atoms with E-state index in [-0.39, 0.29) is 5.41 Å². The number of rotatable bonds is 5. The summed E-state index contributed by atoms with van der Waals surface area (Å²) in [6.07, 6.45) is 4.38. The Hall–Kier alpha value is -1.51. The molecule has 0 atom stereocenters. The number of likely N-dealkylation sites (tertiary alicyclic amines) is 1. The van der Waals surface area contributed by atoms with Crippen LogP contribution in [0.4, 0.5) is 0 Å². The number of carbonyl (C=O) groups is 1. The molecule has 1 heterocycles. The molecule has 3 nitrogen and oxygen atoms in total. The zero-order valence-corrected chi connectivity index (χ0v) is 13.0. The van der Waals surface area contributed by atoms with Gasteiger partial charge in [0, 0.05) is 24.4 Å². The van der Waals surface area contributed by atoms with Crippen molar-refractivity contribution in [3.05, 3.63) is 29.8 Å². The number of hydrogen-bond donors (Lipinski definition) is 1. The molecule has 0 unspecified atom stereocenters. The Morgan fingerprint density at radius 2 is 2.10 bits per heavy atom. The largest absolute Gasteiger partial charge is 0.508 e. The number of carbonyl (C=O) groups excluding carboxylic acids is 1. The lowest BCUT2D eigenvalue weighted by molar-refractivity contribution is -0.140. The van der Waals surface area contributed by atoms with Crippen LogP contribution in [0.1, 0.15) is 45.1 Å². The number of nitrogens with zero attached hydrogens (tertiary/aromatic N) is 1. The van der Waals surface area contributed by atoms with Crippen molar-refractivity contribution in [1.82, 2.24) is 4.90 Å². The summed E-state index contributed by atoms with van der Waals surface area (Å²) in [5, 5.41) is 9.77. The van der Waals surface area contributed by atoms with Crippen LogP contribution in [0.2, 0.25) is 0 Å². The molecular formula is C18H25NO2. The summed E-state index contributed by atoms with van der Waals surface area (Å²) in [7, 11) is 0. The van der Waals surface area contributed by atoms with Crippen LogP contribution in [0.25, 0.3) is 0 Å². The summed E-state index contributed by atoms with van der Waals surface area (Å²) in [6.45, 7) is 6.11. The zero-order valence-electron chi connectivity index (χ0n) is 13.0. The third-order valence-electron chi connectivity index (χ3n) is 4.88. The van der Waals surface area contributed by atoms with E-state index in [1.54, 1.807) is 6.07 Å². The third kappa shape index (κ3) is 2.92. The molecule has 2 fully saturated rings. The van der Waals surface area contributed by atoms with E-state index in [2.05, 4.69) is 19.9 Å². The smallest absolute Gasteiger partial charge is 0.225 e. The van der Waals surface area contributed by atoms with Gasteiger partial charge in [-0.15, -0.1) is 0 Å². The fourth-order valence-corrected chi connectivity index (χ4v) is 3.31. The number of phenols is 1. The van der Waals surface area contributed by atoms with Gasteiger partial charge in [-0.1, -0.05) is 26.0 Å². The molecule has 3 rings (SSSR count). The van der Waals surface area contributed by atoms with Gasteiger partial charge in [0.1, 0.15) is 5.75 Å². The van der Waals surface area contributed by atoms with E-state index in [9.17, 15) is 9.90 Å². The molecule has 1 N–H and O–H groups in total. The maximum absolute atomic E-state index is 12.2. The number of hydrogen-bond acceptors (Lipinski definition) is 2. The molecule has 1 saturated carbocycles. The highest BCUT2D eigenvalue weighted by Gasteiger charge is 2.48. The summed E-state index contributed by atoms with van der Waals surface area (Å²) in [6, 6.07) is 7.59. The lowest BCUT2D eigenvalue weighted by atomic mass is 9.69. The van der Waals surface area contributed by atoms with Crippen molar-refractivity contribution in [3.63, 3.8) is 0 Å². The minimum Gasteiger partial charge on any atom is -0.508 e. The molecule has 2 aliphatic rings. The predicted octanol–water partition coefficient (Wildman–Crippen LogP) is 3.32. The summed E-state index contributed by atoms with van der Waals surface area (Å²) in [4.78, 5) is 14.2. The molecule has 114 valence electrons. The Balaban J connectivity index is 1.75. The van der Waals surface area contributed by atoms with E-state index in [0.29, 0.717) is 23.5 Å². The van der Waals surface area contributed by atoms with Crippen LogP contribution < -0.4 is 0 Å². The first kappa shape index (κ1) is 14.4. The van der Waals surface area contributed by atoms with E-state index < -0.39 is 0 Å². The summed E-state index contributed by atoms with van der Waals surface area (Å²) in [5.41, 5.74) is 1.23. The van der Waals surface area contributed by atoms with Gasteiger partial charge >= 0.3 is 0 Å². The monoisotopic (exact) mass is 287 g/mol. The molecule has 1 saturated heterocycles. The minimum absolute atomic E-state index is 0.0492. The number of phenolic OH excluding ortho intramolecular Hbond substituents is 1. The van der Waals surface area contributed by atoms with Gasteiger partial charge < -0.3 is 10.0 Å². The highest BCUT2D eigenvalue weighted by atomic mass is 16.3. The van der Waals surface area contributed by atoms with Crippen LogP contribution in [0.15, 0.2) is 24.3 Å². The maximum Gasteiger partial charge on any atom is 0.225 e. The molecule has 0 spiro atoms. The van der Waals surface area contributed by atoms with Crippen LogP contribution in [0.3, 0.4) is 0 Å². The number of amides is 1. The molecule has 21 heavy (non-hydrogen) atoms. The fraction of sp³-hybridized carbons (Fsp3) is 0.611. The van der Waals surface area contributed by atoms with Gasteiger partial charge in [-0.05, 0) is 49.3 Å². The van der Waals surface area contributed by atoms with Crippen molar-refractivity contribution in [2.75, 3.05) is 13.1 Å². The molecule has 1 aliphatic heterocycles. The average molecular weight is 287 g/mol. The first-order valence-corrected chi connectivity index (χ1v) is 8.08. The van der Waals surface area contributed by atoms with Crippen LogP contribution in [0.5, 0.6) is 5.75 Å². The van der Waals surface area contributed by atoms with Crippen molar-refractivity contribution in [2.24, 2.45) is 11.8 Å². The van der Waals surface area contributed by atoms with Gasteiger partial charge in [-0.3, -0.25) is 4.79 Å². The van der Waals surface area contributed by atoms with E-state index >= 15 is 0 Å². The fourth-order valence-electron chi connectivity index (χ4n) is 3.31. The lowest BCUT2D eigenvalue weighted by Gasteiger charge is -2.51. The quantitative estimate of drug-likeness (QED) is 0.902. The molecular weight excluding hydrogens is 262 g/mol. The van der Waals surface area contributed by atoms with Gasteiger partial charge in [0.05, 0.1) is 0 Å². The van der Waals surface area contributed by atoms with Crippen LogP contribution in [-0.2, 0) is 10.2 Å². The van der Waals surface area contributed by atoms with Gasteiger partial charge in [0.25, 0.3) is 0 Å². The van der Waals surface area contributed by atoms with E-state index in [1.807, 2.05) is 17.0 Å². The highest BCUT2D eigenvalue weighted by Crippen LogP contribution is 2.43. The first-order valence-electron chi connectivity index (χ1n) is 8.08. The molecule has 1 aromatic rings. The van der Waals surface area contributed by atoms with Gasteiger partial charge in [0.15, 0.2) is 0 Å². The molecule has 1 amide bonds. The SMILES string of the molecule is CC(C)CCC1(c2cccc(O)c2)CN(C(=O)C2CC2)C1. The highest BCUT2D eigenvalue weighted by molar-refractivity contribution is 5.82. The molecule has 1 aliphatic carbocycles. The van der Waals surface area contributed by atoms with Crippen molar-refractivity contribution in [3.8, 4) is 5.75 Å². The third-order valence-corrected chi connectivity index (χ3v) is 4.88. The Bertz CT molecular complexity index is 528. The second kappa shape index (κ2) is 5.36. The van der Waals surface area contributed by atoms with E-state index in [0.717, 1.165) is 38.8 Å². The summed E-state index contributed by atoms with van der Waals surface area (Å²) < 4.78 is 0. The molecule has 0 radical (unpaired) electrons. The minimum atomic E-state index is 0.0492. The molecule has 0 aromatic heterocycles. The van der Waals surface area contributed by atoms with E-state index in [4.69, 9.17) is 0 Å². The topological polar surface area (TPSA) is 40.5 Å². The van der Waals surface area contributed by atoms with E-state index in [1.165, 1.54) is 5.56 Å². The van der Waals surface area contributed by atoms with Crippen LogP contribution >= 0.6 is 0 Å². The van der Waals surface area contributed by atoms with Crippen molar-refractivity contribution >= 4 is 5.91 Å². The van der Waals surface area contributed by atoms with Gasteiger partial charge in [0.2, 0.25) is 5.91 Å². The Morgan fingerprint density at radius 3 is 2.67 bits per heavy atom. The summed E-state index contributed by atoms with van der Waals surface area (Å²) >= 11 is 0. The van der Waals surface area contributed by atoms with Crippen LogP contribution in [0, 0.1) is 11.8 Å². The average Bonchev–Trinajstić information content (AvgIpc) is 3.21. The Labute approximate surface area is 127 Å². The molecule has 1 aromatic carbocycles. The zero-order chi connectivity index (χ0) is 15.0. The van der Waals surface area contributed by atoms with Crippen LogP contribution in [-0.4, -0.2) is 29.0 Å². The molecule has 3 heteroatoms. The second-order valence-electron chi connectivity index (χ2n) is 7.23. The first-order chi connectivity index (χ1) is 10.00. The summed E-state index contributed by atoms with van der Waals surface area (Å²) in [5.74, 6) is 1.63. The van der Waals surface area contributed by atoms with Crippen molar-refractivity contribution < 1.29 is 9.90 Å². The second-order valence-corrected chi connectivity index (χ2v) is 7.23. The number of aromatic hydroxyl groups is 1. The number of benzene rings is 1. The Morgan fingerprint density at radius 1 is 1.38 bits per heavy atom. The predicted molar refractivity (Wildman–Crippen MR) is 83.2 cm³/mol. The van der Waals surface area contributed by atoms with Gasteiger partial charge in [-0.25, -0.2) is 0 Å². The van der Waals surface area contributed by atoms with Gasteiger partial charge in [-0.2, -0.15) is 0 Å². The van der Waals surface area contributed by atoms with Crippen molar-refractivity contribution in [1.29, 1.82) is 0 Å². The normalized spacial score (nSPS) is 20.4. The van der Waals surface area contributed by atoms with Crippen molar-refractivity contribution in [2.45, 2.75) is 44.9 Å². The standard InChI is InChI=1S/C18H25NO2/c1-13(2)8-9-18(15-4-3-5-16(20)10-15)11-19(12-18)17(21)14-6-7-14/h3-5,10,13-14,20H,6-9,11-12H2,1-2H3. The lowest BCUT2D eigenvalue weighted by Crippen LogP contribution is -2.61. The maximum atomic E-state index is 12.2.